The molecule has 0 radical (unpaired) electrons. The predicted octanol–water partition coefficient (Wildman–Crippen LogP) is 15.1. The summed E-state index contributed by atoms with van der Waals surface area (Å²) >= 11 is 0. The highest BCUT2D eigenvalue weighted by atomic mass is 15.2. The first-order valence-corrected chi connectivity index (χ1v) is 21.3. The van der Waals surface area contributed by atoms with Crippen LogP contribution >= 0.6 is 0 Å². The van der Waals surface area contributed by atoms with E-state index in [9.17, 15) is 0 Å². The van der Waals surface area contributed by atoms with E-state index in [1.54, 1.807) is 0 Å². The van der Waals surface area contributed by atoms with Crippen LogP contribution in [-0.2, 0) is 18.3 Å². The average Bonchev–Trinajstić information content (AvgIpc) is 3.99. The molecule has 2 aliphatic carbocycles. The van der Waals surface area contributed by atoms with Gasteiger partial charge in [0.1, 0.15) is 0 Å². The van der Waals surface area contributed by atoms with E-state index in [1.807, 2.05) is 0 Å². The second-order valence-corrected chi connectivity index (χ2v) is 16.5. The zero-order valence-electron chi connectivity index (χ0n) is 33.4. The number of benzene rings is 9. The molecule has 3 heteroatoms. The summed E-state index contributed by atoms with van der Waals surface area (Å²) in [6.07, 6.45) is 4.27. The Bertz CT molecular complexity index is 3160. The number of aromatic nitrogens is 1. The maximum atomic E-state index is 2.55. The van der Waals surface area contributed by atoms with Crippen LogP contribution < -0.4 is 9.80 Å². The largest absolute Gasteiger partial charge is 0.310 e. The summed E-state index contributed by atoms with van der Waals surface area (Å²) < 4.78 is 2.44. The lowest BCUT2D eigenvalue weighted by Gasteiger charge is -2.37. The molecule has 2 aliphatic rings. The minimum Gasteiger partial charge on any atom is -0.310 e. The number of rotatable bonds is 7. The van der Waals surface area contributed by atoms with E-state index in [0.29, 0.717) is 0 Å². The molecule has 0 amide bonds. The standard InChI is InChI=1S/C57H43N3/c1-5-21-44(22-6-1)58(45-23-7-2-8-24-45)52-29-15-19-40-33-35-57(55(40)52)36-34-41-20-16-30-53(56(41)57)59(46-25-9-3-10-26-46)48-31-32-51-50(39-48)49-37-42-17-13-14-18-43(42)38-54(49)60(51)47-27-11-4-12-28-47/h1-32,37-39H,33-36H2/t57-/m1/s1. The highest BCUT2D eigenvalue weighted by Crippen LogP contribution is 2.60. The summed E-state index contributed by atoms with van der Waals surface area (Å²) in [5.41, 5.74) is 16.5. The lowest BCUT2D eigenvalue weighted by Crippen LogP contribution is -2.27. The normalized spacial score (nSPS) is 15.5. The maximum Gasteiger partial charge on any atom is 0.0547 e. The minimum atomic E-state index is -0.154. The zero-order valence-corrected chi connectivity index (χ0v) is 33.4. The van der Waals surface area contributed by atoms with E-state index in [2.05, 4.69) is 227 Å². The van der Waals surface area contributed by atoms with Gasteiger partial charge in [-0.05, 0) is 150 Å². The summed E-state index contributed by atoms with van der Waals surface area (Å²) in [5, 5.41) is 5.00. The van der Waals surface area contributed by atoms with Gasteiger partial charge in [-0.2, -0.15) is 0 Å². The van der Waals surface area contributed by atoms with E-state index in [0.717, 1.165) is 37.1 Å². The van der Waals surface area contributed by atoms with Crippen LogP contribution in [0.25, 0.3) is 38.3 Å². The average molecular weight is 770 g/mol. The highest BCUT2D eigenvalue weighted by molar-refractivity contribution is 6.14. The van der Waals surface area contributed by atoms with E-state index in [-0.39, 0.29) is 5.41 Å². The van der Waals surface area contributed by atoms with E-state index >= 15 is 0 Å². The monoisotopic (exact) mass is 769 g/mol. The van der Waals surface area contributed by atoms with E-state index < -0.39 is 0 Å². The molecule has 9 aromatic carbocycles. The quantitative estimate of drug-likeness (QED) is 0.160. The van der Waals surface area contributed by atoms with Crippen molar-refractivity contribution in [2.75, 3.05) is 9.80 Å². The van der Waals surface area contributed by atoms with Crippen molar-refractivity contribution in [3.05, 3.63) is 235 Å². The Kier molecular flexibility index (Phi) is 8.02. The predicted molar refractivity (Wildman–Crippen MR) is 252 cm³/mol. The molecule has 1 aromatic heterocycles. The lowest BCUT2D eigenvalue weighted by molar-refractivity contribution is 0.508. The molecule has 286 valence electrons. The van der Waals surface area contributed by atoms with Crippen molar-refractivity contribution in [1.82, 2.24) is 4.57 Å². The van der Waals surface area contributed by atoms with Crippen molar-refractivity contribution in [2.24, 2.45) is 0 Å². The van der Waals surface area contributed by atoms with Gasteiger partial charge in [0.05, 0.1) is 22.4 Å². The van der Waals surface area contributed by atoms with Crippen molar-refractivity contribution in [3.63, 3.8) is 0 Å². The molecule has 60 heavy (non-hydrogen) atoms. The Morgan fingerprint density at radius 2 is 0.833 bits per heavy atom. The van der Waals surface area contributed by atoms with Gasteiger partial charge in [0, 0.05) is 44.6 Å². The molecular formula is C57H43N3. The van der Waals surface area contributed by atoms with Crippen LogP contribution in [0, 0.1) is 0 Å². The van der Waals surface area contributed by atoms with Crippen molar-refractivity contribution in [1.29, 1.82) is 0 Å². The van der Waals surface area contributed by atoms with Gasteiger partial charge < -0.3 is 14.4 Å². The smallest absolute Gasteiger partial charge is 0.0547 e. The molecule has 0 unspecified atom stereocenters. The molecule has 1 heterocycles. The van der Waals surface area contributed by atoms with Crippen molar-refractivity contribution >= 4 is 66.7 Å². The number of para-hydroxylation sites is 4. The molecule has 1 atom stereocenters. The molecule has 0 fully saturated rings. The summed E-state index contributed by atoms with van der Waals surface area (Å²) in [6, 6.07) is 78.3. The summed E-state index contributed by atoms with van der Waals surface area (Å²) in [4.78, 5) is 5.03. The lowest BCUT2D eigenvalue weighted by atomic mass is 9.74. The van der Waals surface area contributed by atoms with Gasteiger partial charge in [-0.3, -0.25) is 0 Å². The summed E-state index contributed by atoms with van der Waals surface area (Å²) in [6.45, 7) is 0. The van der Waals surface area contributed by atoms with Gasteiger partial charge in [0.25, 0.3) is 0 Å². The van der Waals surface area contributed by atoms with Gasteiger partial charge in [-0.25, -0.2) is 0 Å². The van der Waals surface area contributed by atoms with Crippen molar-refractivity contribution in [2.45, 2.75) is 31.1 Å². The van der Waals surface area contributed by atoms with Crippen LogP contribution in [0.1, 0.15) is 35.1 Å². The molecule has 12 rings (SSSR count). The Morgan fingerprint density at radius 3 is 1.38 bits per heavy atom. The van der Waals surface area contributed by atoms with Crippen molar-refractivity contribution < 1.29 is 0 Å². The molecule has 0 bridgehead atoms. The van der Waals surface area contributed by atoms with Gasteiger partial charge in [0.15, 0.2) is 0 Å². The van der Waals surface area contributed by atoms with Gasteiger partial charge in [-0.1, -0.05) is 121 Å². The number of hydrogen-bond donors (Lipinski definition) is 0. The van der Waals surface area contributed by atoms with Crippen LogP contribution in [0.15, 0.2) is 212 Å². The van der Waals surface area contributed by atoms with E-state index in [1.165, 1.54) is 83.3 Å². The summed E-state index contributed by atoms with van der Waals surface area (Å²) in [7, 11) is 0. The highest BCUT2D eigenvalue weighted by Gasteiger charge is 2.49. The minimum absolute atomic E-state index is 0.154. The number of nitrogens with zero attached hydrogens (tertiary/aromatic N) is 3. The first-order valence-electron chi connectivity index (χ1n) is 21.3. The number of anilines is 6. The van der Waals surface area contributed by atoms with Crippen LogP contribution in [-0.4, -0.2) is 4.57 Å². The third-order valence-corrected chi connectivity index (χ3v) is 13.3. The van der Waals surface area contributed by atoms with Gasteiger partial charge >= 0.3 is 0 Å². The van der Waals surface area contributed by atoms with Gasteiger partial charge in [0.2, 0.25) is 0 Å². The fourth-order valence-corrected chi connectivity index (χ4v) is 10.8. The molecule has 1 spiro atoms. The Labute approximate surface area is 351 Å². The van der Waals surface area contributed by atoms with Crippen LogP contribution in [0.2, 0.25) is 0 Å². The van der Waals surface area contributed by atoms with Gasteiger partial charge in [-0.15, -0.1) is 0 Å². The SMILES string of the molecule is c1ccc(N(c2ccccc2)c2cccc3c2[C@@]2(CC3)CCc3cccc(N(c4ccccc4)c4ccc5c(c4)c4cc6ccccc6cc4n5-c4ccccc4)c32)cc1. The number of hydrogen-bond acceptors (Lipinski definition) is 2. The molecule has 0 aliphatic heterocycles. The van der Waals surface area contributed by atoms with Crippen molar-refractivity contribution in [3.8, 4) is 5.69 Å². The molecule has 3 nitrogen and oxygen atoms in total. The third kappa shape index (κ3) is 5.36. The Hall–Kier alpha value is -7.36. The fraction of sp³-hybridized carbons (Fsp3) is 0.0877. The molecule has 0 saturated heterocycles. The topological polar surface area (TPSA) is 11.4 Å². The molecule has 0 saturated carbocycles. The Balaban J connectivity index is 1.09. The Morgan fingerprint density at radius 1 is 0.367 bits per heavy atom. The van der Waals surface area contributed by atoms with Crippen LogP contribution in [0.4, 0.5) is 34.1 Å². The number of aryl methyl sites for hydroxylation is 2. The molecule has 0 N–H and O–H groups in total. The third-order valence-electron chi connectivity index (χ3n) is 13.3. The molecule has 10 aromatic rings. The zero-order chi connectivity index (χ0) is 39.6. The van der Waals surface area contributed by atoms with Crippen LogP contribution in [0.3, 0.4) is 0 Å². The first-order chi connectivity index (χ1) is 29.7. The van der Waals surface area contributed by atoms with Crippen LogP contribution in [0.5, 0.6) is 0 Å². The maximum absolute atomic E-state index is 2.55. The fourth-order valence-electron chi connectivity index (χ4n) is 10.8. The first kappa shape index (κ1) is 34.7. The second-order valence-electron chi connectivity index (χ2n) is 16.5. The summed E-state index contributed by atoms with van der Waals surface area (Å²) in [5.74, 6) is 0. The second kappa shape index (κ2) is 13.9. The molecular weight excluding hydrogens is 727 g/mol. The van der Waals surface area contributed by atoms with E-state index in [4.69, 9.17) is 0 Å². The number of fused-ring (bicyclic) bond motifs is 8.